The minimum Gasteiger partial charge on any atom is -0.310 e. The third kappa shape index (κ3) is 6.14. The molecule has 0 fully saturated rings. The van der Waals surface area contributed by atoms with E-state index < -0.39 is 0 Å². The molecule has 10 aromatic rings. The molecule has 0 unspecified atom stereocenters. The molecule has 0 spiro atoms. The molecule has 9 aromatic carbocycles. The second-order valence-electron chi connectivity index (χ2n) is 14.2. The Hall–Kier alpha value is -7.42. The zero-order valence-corrected chi connectivity index (χ0v) is 30.8. The Balaban J connectivity index is 1.20. The molecule has 0 saturated heterocycles. The van der Waals surface area contributed by atoms with E-state index in [-0.39, 0.29) is 0 Å². The predicted molar refractivity (Wildman–Crippen MR) is 237 cm³/mol. The van der Waals surface area contributed by atoms with Crippen molar-refractivity contribution in [2.45, 2.75) is 0 Å². The lowest BCUT2D eigenvalue weighted by atomic mass is 9.95. The Morgan fingerprint density at radius 3 is 1.43 bits per heavy atom. The van der Waals surface area contributed by atoms with Crippen LogP contribution in [0.4, 0.5) is 17.1 Å². The van der Waals surface area contributed by atoms with Crippen LogP contribution in [-0.4, -0.2) is 4.57 Å². The molecule has 10 rings (SSSR count). The minimum atomic E-state index is 1.09. The third-order valence-electron chi connectivity index (χ3n) is 10.8. The van der Waals surface area contributed by atoms with Crippen LogP contribution in [0.25, 0.3) is 72.0 Å². The molecule has 2 heteroatoms. The van der Waals surface area contributed by atoms with Crippen molar-refractivity contribution in [3.05, 3.63) is 231 Å². The standard InChI is InChI=1S/C54H38N2/c1-5-16-39(17-6-1)42-30-32-47(33-31-42)55(48-27-14-23-44(37-48)41-20-9-3-10-21-41)49-34-35-52-51(38-49)54-50(28-15-29-53(54)56(52)46-25-11-4-12-26-46)45-24-13-22-43(36-45)40-18-7-2-8-19-40/h1-38H. The number of rotatable bonds is 8. The Morgan fingerprint density at radius 2 is 0.768 bits per heavy atom. The van der Waals surface area contributed by atoms with Crippen LogP contribution in [0.15, 0.2) is 231 Å². The van der Waals surface area contributed by atoms with Crippen LogP contribution < -0.4 is 4.90 Å². The number of benzene rings is 9. The molecule has 0 saturated carbocycles. The summed E-state index contributed by atoms with van der Waals surface area (Å²) >= 11 is 0. The monoisotopic (exact) mass is 714 g/mol. The summed E-state index contributed by atoms with van der Waals surface area (Å²) in [6, 6.07) is 83.1. The zero-order valence-electron chi connectivity index (χ0n) is 30.8. The van der Waals surface area contributed by atoms with Gasteiger partial charge < -0.3 is 9.47 Å². The van der Waals surface area contributed by atoms with E-state index in [4.69, 9.17) is 0 Å². The van der Waals surface area contributed by atoms with Crippen molar-refractivity contribution in [2.75, 3.05) is 4.90 Å². The van der Waals surface area contributed by atoms with Gasteiger partial charge in [-0.25, -0.2) is 0 Å². The molecule has 0 atom stereocenters. The Morgan fingerprint density at radius 1 is 0.286 bits per heavy atom. The molecule has 0 amide bonds. The van der Waals surface area contributed by atoms with Crippen LogP contribution in [0.2, 0.25) is 0 Å². The zero-order chi connectivity index (χ0) is 37.3. The van der Waals surface area contributed by atoms with Crippen LogP contribution >= 0.6 is 0 Å². The van der Waals surface area contributed by atoms with Crippen molar-refractivity contribution in [3.63, 3.8) is 0 Å². The minimum absolute atomic E-state index is 1.09. The average molecular weight is 715 g/mol. The maximum Gasteiger partial charge on any atom is 0.0547 e. The molecule has 56 heavy (non-hydrogen) atoms. The normalized spacial score (nSPS) is 11.2. The molecule has 2 nitrogen and oxygen atoms in total. The fraction of sp³-hybridized carbons (Fsp3) is 0. The summed E-state index contributed by atoms with van der Waals surface area (Å²) in [4.78, 5) is 2.39. The van der Waals surface area contributed by atoms with Crippen molar-refractivity contribution in [2.24, 2.45) is 0 Å². The largest absolute Gasteiger partial charge is 0.310 e. The summed E-state index contributed by atoms with van der Waals surface area (Å²) in [5.41, 5.74) is 16.3. The summed E-state index contributed by atoms with van der Waals surface area (Å²) < 4.78 is 2.41. The first-order valence-corrected chi connectivity index (χ1v) is 19.2. The maximum absolute atomic E-state index is 2.41. The van der Waals surface area contributed by atoms with Crippen LogP contribution in [0.5, 0.6) is 0 Å². The highest BCUT2D eigenvalue weighted by Gasteiger charge is 2.20. The lowest BCUT2D eigenvalue weighted by Gasteiger charge is -2.26. The van der Waals surface area contributed by atoms with Crippen molar-refractivity contribution >= 4 is 38.9 Å². The van der Waals surface area contributed by atoms with E-state index in [1.165, 1.54) is 66.3 Å². The highest BCUT2D eigenvalue weighted by molar-refractivity contribution is 6.17. The van der Waals surface area contributed by atoms with Gasteiger partial charge in [0.05, 0.1) is 11.0 Å². The summed E-state index contributed by atoms with van der Waals surface area (Å²) in [6.45, 7) is 0. The second kappa shape index (κ2) is 14.4. The van der Waals surface area contributed by atoms with Gasteiger partial charge in [-0.3, -0.25) is 0 Å². The summed E-state index contributed by atoms with van der Waals surface area (Å²) in [6.07, 6.45) is 0. The smallest absolute Gasteiger partial charge is 0.0547 e. The first-order valence-electron chi connectivity index (χ1n) is 19.2. The SMILES string of the molecule is c1ccc(-c2ccc(N(c3cccc(-c4ccccc4)c3)c3ccc4c(c3)c3c(-c5cccc(-c6ccccc6)c5)cccc3n4-c3ccccc3)cc2)cc1. The summed E-state index contributed by atoms with van der Waals surface area (Å²) in [7, 11) is 0. The van der Waals surface area contributed by atoms with E-state index in [9.17, 15) is 0 Å². The van der Waals surface area contributed by atoms with Crippen molar-refractivity contribution < 1.29 is 0 Å². The van der Waals surface area contributed by atoms with Gasteiger partial charge in [-0.05, 0) is 111 Å². The molecule has 1 heterocycles. The van der Waals surface area contributed by atoms with Crippen LogP contribution in [-0.2, 0) is 0 Å². The van der Waals surface area contributed by atoms with E-state index in [0.29, 0.717) is 0 Å². The van der Waals surface area contributed by atoms with Gasteiger partial charge in [-0.15, -0.1) is 0 Å². The van der Waals surface area contributed by atoms with Crippen LogP contribution in [0.1, 0.15) is 0 Å². The molecule has 0 aliphatic rings. The molecular weight excluding hydrogens is 677 g/mol. The summed E-state index contributed by atoms with van der Waals surface area (Å²) in [5, 5.41) is 2.43. The molecule has 1 aromatic heterocycles. The van der Waals surface area contributed by atoms with E-state index in [0.717, 1.165) is 22.7 Å². The van der Waals surface area contributed by atoms with Gasteiger partial charge in [0.25, 0.3) is 0 Å². The molecule has 0 bridgehead atoms. The van der Waals surface area contributed by atoms with E-state index in [2.05, 4.69) is 240 Å². The van der Waals surface area contributed by atoms with E-state index >= 15 is 0 Å². The first-order chi connectivity index (χ1) is 27.8. The van der Waals surface area contributed by atoms with Gasteiger partial charge in [0.15, 0.2) is 0 Å². The number of aromatic nitrogens is 1. The highest BCUT2D eigenvalue weighted by atomic mass is 15.1. The van der Waals surface area contributed by atoms with Gasteiger partial charge in [-0.2, -0.15) is 0 Å². The van der Waals surface area contributed by atoms with Gasteiger partial charge in [0, 0.05) is 33.5 Å². The molecule has 0 N–H and O–H groups in total. The van der Waals surface area contributed by atoms with Crippen molar-refractivity contribution in [1.82, 2.24) is 4.57 Å². The number of nitrogens with zero attached hydrogens (tertiary/aromatic N) is 2. The molecule has 0 radical (unpaired) electrons. The van der Waals surface area contributed by atoms with E-state index in [1.807, 2.05) is 0 Å². The molecule has 0 aliphatic heterocycles. The summed E-state index contributed by atoms with van der Waals surface area (Å²) in [5.74, 6) is 0. The maximum atomic E-state index is 2.41. The number of anilines is 3. The van der Waals surface area contributed by atoms with Crippen molar-refractivity contribution in [3.8, 4) is 50.2 Å². The lowest BCUT2D eigenvalue weighted by molar-refractivity contribution is 1.18. The first kappa shape index (κ1) is 33.2. The van der Waals surface area contributed by atoms with Gasteiger partial charge in [-0.1, -0.05) is 164 Å². The predicted octanol–water partition coefficient (Wildman–Crippen LogP) is 14.9. The van der Waals surface area contributed by atoms with Crippen LogP contribution in [0, 0.1) is 0 Å². The van der Waals surface area contributed by atoms with Crippen molar-refractivity contribution in [1.29, 1.82) is 0 Å². The van der Waals surface area contributed by atoms with Gasteiger partial charge >= 0.3 is 0 Å². The average Bonchev–Trinajstić information content (AvgIpc) is 3.62. The quantitative estimate of drug-likeness (QED) is 0.152. The Labute approximate surface area is 327 Å². The number of hydrogen-bond donors (Lipinski definition) is 0. The second-order valence-corrected chi connectivity index (χ2v) is 14.2. The van der Waals surface area contributed by atoms with Gasteiger partial charge in [0.1, 0.15) is 0 Å². The lowest BCUT2D eigenvalue weighted by Crippen LogP contribution is -2.10. The number of hydrogen-bond acceptors (Lipinski definition) is 1. The molecule has 0 aliphatic carbocycles. The highest BCUT2D eigenvalue weighted by Crippen LogP contribution is 2.44. The fourth-order valence-corrected chi connectivity index (χ4v) is 8.13. The number of para-hydroxylation sites is 1. The topological polar surface area (TPSA) is 8.17 Å². The van der Waals surface area contributed by atoms with E-state index in [1.54, 1.807) is 0 Å². The molecule has 264 valence electrons. The Bertz CT molecular complexity index is 2930. The Kier molecular flexibility index (Phi) is 8.55. The fourth-order valence-electron chi connectivity index (χ4n) is 8.13. The third-order valence-corrected chi connectivity index (χ3v) is 10.8. The molecular formula is C54H38N2. The van der Waals surface area contributed by atoms with Crippen LogP contribution in [0.3, 0.4) is 0 Å². The number of fused-ring (bicyclic) bond motifs is 3. The van der Waals surface area contributed by atoms with Gasteiger partial charge in [0.2, 0.25) is 0 Å².